The van der Waals surface area contributed by atoms with E-state index in [1.807, 2.05) is 0 Å². The first kappa shape index (κ1) is 11.9. The number of benzene rings is 1. The Balaban J connectivity index is 3.04. The molecule has 0 aliphatic heterocycles. The third-order valence-electron chi connectivity index (χ3n) is 1.65. The van der Waals surface area contributed by atoms with Crippen LogP contribution in [0.2, 0.25) is 0 Å². The zero-order chi connectivity index (χ0) is 10.8. The fourth-order valence-electron chi connectivity index (χ4n) is 1.09. The second-order valence-corrected chi connectivity index (χ2v) is 7.02. The van der Waals surface area contributed by atoms with Gasteiger partial charge in [-0.05, 0) is 17.7 Å². The molecule has 0 aliphatic carbocycles. The van der Waals surface area contributed by atoms with Crippen LogP contribution in [0.4, 0.5) is 13.2 Å². The van der Waals surface area contributed by atoms with Crippen LogP contribution in [0.25, 0.3) is 0 Å². The zero-order valence-electron chi connectivity index (χ0n) is 6.91. The highest BCUT2D eigenvalue weighted by atomic mass is 35.7. The highest BCUT2D eigenvalue weighted by Crippen LogP contribution is 2.32. The number of hydrogen-bond acceptors (Lipinski definition) is 0. The van der Waals surface area contributed by atoms with Gasteiger partial charge < -0.3 is 0 Å². The lowest BCUT2D eigenvalue weighted by Gasteiger charge is -2.11. The molecular formula is C8H6Cl2F3Si. The Kier molecular flexibility index (Phi) is 3.86. The van der Waals surface area contributed by atoms with E-state index in [9.17, 15) is 13.2 Å². The van der Waals surface area contributed by atoms with Gasteiger partial charge >= 0.3 is 6.18 Å². The quantitative estimate of drug-likeness (QED) is 0.559. The SMILES string of the molecule is FC(F)(F)c1ccccc1C[Si](Cl)Cl. The van der Waals surface area contributed by atoms with Crippen molar-refractivity contribution in [1.29, 1.82) is 0 Å². The van der Waals surface area contributed by atoms with E-state index in [1.165, 1.54) is 12.1 Å². The van der Waals surface area contributed by atoms with E-state index in [-0.39, 0.29) is 11.6 Å². The normalized spacial score (nSPS) is 12.1. The lowest BCUT2D eigenvalue weighted by molar-refractivity contribution is -0.138. The predicted octanol–water partition coefficient (Wildman–Crippen LogP) is 3.75. The van der Waals surface area contributed by atoms with Crippen LogP contribution in [0.15, 0.2) is 24.3 Å². The highest BCUT2D eigenvalue weighted by Gasteiger charge is 2.33. The minimum atomic E-state index is -4.33. The maximum atomic E-state index is 12.4. The number of hydrogen-bond donors (Lipinski definition) is 0. The Bertz CT molecular complexity index is 312. The van der Waals surface area contributed by atoms with E-state index in [2.05, 4.69) is 0 Å². The van der Waals surface area contributed by atoms with Crippen molar-refractivity contribution in [3.05, 3.63) is 35.4 Å². The lowest BCUT2D eigenvalue weighted by Crippen LogP contribution is -2.11. The van der Waals surface area contributed by atoms with E-state index < -0.39 is 19.2 Å². The van der Waals surface area contributed by atoms with Gasteiger partial charge in [-0.3, -0.25) is 0 Å². The van der Waals surface area contributed by atoms with Crippen molar-refractivity contribution in [1.82, 2.24) is 0 Å². The molecular weight excluding hydrogens is 252 g/mol. The van der Waals surface area contributed by atoms with Gasteiger partial charge in [0, 0.05) is 0 Å². The molecule has 14 heavy (non-hydrogen) atoms. The summed E-state index contributed by atoms with van der Waals surface area (Å²) in [7, 11) is -1.72. The third-order valence-corrected chi connectivity index (χ3v) is 3.10. The highest BCUT2D eigenvalue weighted by molar-refractivity contribution is 7.33. The Morgan fingerprint density at radius 2 is 1.71 bits per heavy atom. The van der Waals surface area contributed by atoms with Gasteiger partial charge in [-0.2, -0.15) is 13.2 Å². The van der Waals surface area contributed by atoms with Crippen molar-refractivity contribution in [3.8, 4) is 0 Å². The van der Waals surface area contributed by atoms with Crippen molar-refractivity contribution >= 4 is 29.6 Å². The molecule has 0 heterocycles. The van der Waals surface area contributed by atoms with E-state index in [0.717, 1.165) is 6.07 Å². The van der Waals surface area contributed by atoms with Gasteiger partial charge in [0.2, 0.25) is 0 Å². The van der Waals surface area contributed by atoms with Crippen LogP contribution in [-0.2, 0) is 12.2 Å². The summed E-state index contributed by atoms with van der Waals surface area (Å²) in [5.41, 5.74) is -0.484. The average molecular weight is 258 g/mol. The van der Waals surface area contributed by atoms with Crippen molar-refractivity contribution in [2.75, 3.05) is 0 Å². The van der Waals surface area contributed by atoms with Gasteiger partial charge in [0.1, 0.15) is 0 Å². The maximum absolute atomic E-state index is 12.4. The summed E-state index contributed by atoms with van der Waals surface area (Å²) in [6.45, 7) is 0. The Hall–Kier alpha value is -0.193. The molecule has 0 spiro atoms. The second-order valence-electron chi connectivity index (χ2n) is 2.67. The molecule has 0 unspecified atom stereocenters. The topological polar surface area (TPSA) is 0 Å². The first-order valence-electron chi connectivity index (χ1n) is 3.73. The Morgan fingerprint density at radius 3 is 2.21 bits per heavy atom. The summed E-state index contributed by atoms with van der Waals surface area (Å²) in [4.78, 5) is 0. The average Bonchev–Trinajstić information content (AvgIpc) is 2.01. The molecule has 0 aliphatic rings. The molecule has 0 aromatic heterocycles. The van der Waals surface area contributed by atoms with E-state index in [1.54, 1.807) is 6.07 Å². The van der Waals surface area contributed by atoms with Gasteiger partial charge in [0.15, 0.2) is 0 Å². The molecule has 0 N–H and O–H groups in total. The molecule has 77 valence electrons. The van der Waals surface area contributed by atoms with Gasteiger partial charge in [-0.25, -0.2) is 0 Å². The molecule has 0 saturated carbocycles. The minimum absolute atomic E-state index is 0.101. The zero-order valence-corrected chi connectivity index (χ0v) is 9.42. The molecule has 0 nitrogen and oxygen atoms in total. The summed E-state index contributed by atoms with van der Waals surface area (Å²) in [5, 5.41) is 0. The van der Waals surface area contributed by atoms with Crippen LogP contribution >= 0.6 is 22.2 Å². The third kappa shape index (κ3) is 3.19. The standard InChI is InChI=1S/C8H6Cl2F3Si/c9-14(10)5-6-3-1-2-4-7(6)8(11,12)13/h1-4H,5H2. The first-order chi connectivity index (χ1) is 6.41. The van der Waals surface area contributed by atoms with E-state index in [4.69, 9.17) is 22.2 Å². The summed E-state index contributed by atoms with van der Waals surface area (Å²) >= 11 is 11.1. The molecule has 0 amide bonds. The fraction of sp³-hybridized carbons (Fsp3) is 0.250. The predicted molar refractivity (Wildman–Crippen MR) is 52.6 cm³/mol. The molecule has 0 bridgehead atoms. The molecule has 0 saturated heterocycles. The van der Waals surface area contributed by atoms with Crippen molar-refractivity contribution < 1.29 is 13.2 Å². The van der Waals surface area contributed by atoms with E-state index >= 15 is 0 Å². The van der Waals surface area contributed by atoms with Crippen LogP contribution in [0.3, 0.4) is 0 Å². The molecule has 1 aromatic rings. The Labute approximate surface area is 90.7 Å². The van der Waals surface area contributed by atoms with Crippen molar-refractivity contribution in [2.24, 2.45) is 0 Å². The number of halogens is 5. The fourth-order valence-corrected chi connectivity index (χ4v) is 2.56. The van der Waals surface area contributed by atoms with Gasteiger partial charge in [-0.1, -0.05) is 18.2 Å². The smallest absolute Gasteiger partial charge is 0.166 e. The van der Waals surface area contributed by atoms with Gasteiger partial charge in [-0.15, -0.1) is 22.2 Å². The van der Waals surface area contributed by atoms with Crippen LogP contribution < -0.4 is 0 Å². The van der Waals surface area contributed by atoms with Gasteiger partial charge in [0.05, 0.1) is 5.56 Å². The minimum Gasteiger partial charge on any atom is -0.166 e. The Morgan fingerprint density at radius 1 is 1.14 bits per heavy atom. The van der Waals surface area contributed by atoms with Crippen molar-refractivity contribution in [2.45, 2.75) is 12.2 Å². The lowest BCUT2D eigenvalue weighted by atomic mass is 10.1. The first-order valence-corrected chi connectivity index (χ1v) is 7.46. The molecule has 0 fully saturated rings. The van der Waals surface area contributed by atoms with Crippen LogP contribution in [-0.4, -0.2) is 7.42 Å². The molecule has 0 atom stereocenters. The molecule has 1 aromatic carbocycles. The monoisotopic (exact) mass is 257 g/mol. The summed E-state index contributed by atoms with van der Waals surface area (Å²) < 4.78 is 37.3. The molecule has 6 heteroatoms. The maximum Gasteiger partial charge on any atom is 0.416 e. The second kappa shape index (κ2) is 4.55. The number of alkyl halides is 3. The van der Waals surface area contributed by atoms with Crippen LogP contribution in [0.5, 0.6) is 0 Å². The van der Waals surface area contributed by atoms with E-state index in [0.29, 0.717) is 0 Å². The summed E-state index contributed by atoms with van der Waals surface area (Å²) in [5.74, 6) is 0. The summed E-state index contributed by atoms with van der Waals surface area (Å²) in [6.07, 6.45) is -4.33. The summed E-state index contributed by atoms with van der Waals surface area (Å²) in [6, 6.07) is 5.43. The van der Waals surface area contributed by atoms with Gasteiger partial charge in [0.25, 0.3) is 7.42 Å². The largest absolute Gasteiger partial charge is 0.416 e. The van der Waals surface area contributed by atoms with Crippen molar-refractivity contribution in [3.63, 3.8) is 0 Å². The molecule has 1 rings (SSSR count). The van der Waals surface area contributed by atoms with Crippen LogP contribution in [0.1, 0.15) is 11.1 Å². The molecule has 1 radical (unpaired) electrons. The van der Waals surface area contributed by atoms with Crippen LogP contribution in [0, 0.1) is 0 Å². The number of rotatable bonds is 2.